The molecule has 0 radical (unpaired) electrons. The number of fused-ring (bicyclic) bond motifs is 1. The number of oxazole rings is 1. The Balaban J connectivity index is 1.62. The number of carbonyl (C=O) groups excluding carboxylic acids is 1. The van der Waals surface area contributed by atoms with Crippen LogP contribution in [0.5, 0.6) is 5.75 Å². The summed E-state index contributed by atoms with van der Waals surface area (Å²) in [5, 5.41) is 0. The average molecular weight is 302 g/mol. The highest BCUT2D eigenvalue weighted by atomic mass is 16.5. The smallest absolute Gasteiger partial charge is 0.248 e. The van der Waals surface area contributed by atoms with Gasteiger partial charge in [0.1, 0.15) is 18.1 Å². The van der Waals surface area contributed by atoms with Crippen LogP contribution in [0.1, 0.15) is 17.3 Å². The van der Waals surface area contributed by atoms with Crippen molar-refractivity contribution in [3.05, 3.63) is 47.7 Å². The summed E-state index contributed by atoms with van der Waals surface area (Å²) in [7, 11) is 1.51. The summed E-state index contributed by atoms with van der Waals surface area (Å²) in [5.41, 5.74) is 0.910. The summed E-state index contributed by atoms with van der Waals surface area (Å²) < 4.78 is 16.2. The highest BCUT2D eigenvalue weighted by molar-refractivity contribution is 5.77. The molecule has 0 saturated heterocycles. The van der Waals surface area contributed by atoms with Gasteiger partial charge in [-0.25, -0.2) is 4.98 Å². The fourth-order valence-electron chi connectivity index (χ4n) is 2.40. The molecule has 1 amide bonds. The molecule has 0 bridgehead atoms. The van der Waals surface area contributed by atoms with Crippen molar-refractivity contribution < 1.29 is 18.7 Å². The van der Waals surface area contributed by atoms with Gasteiger partial charge in [-0.1, -0.05) is 18.2 Å². The van der Waals surface area contributed by atoms with Crippen LogP contribution in [0.2, 0.25) is 0 Å². The molecule has 0 spiro atoms. The molecule has 22 heavy (non-hydrogen) atoms. The minimum absolute atomic E-state index is 0.0355. The van der Waals surface area contributed by atoms with Gasteiger partial charge in [-0.2, -0.15) is 0 Å². The second-order valence-corrected chi connectivity index (χ2v) is 5.08. The van der Waals surface area contributed by atoms with Gasteiger partial charge in [-0.05, 0) is 12.1 Å². The fourth-order valence-corrected chi connectivity index (χ4v) is 2.40. The number of para-hydroxylation sites is 1. The van der Waals surface area contributed by atoms with Crippen molar-refractivity contribution in [1.82, 2.24) is 9.88 Å². The topological polar surface area (TPSA) is 64.8 Å². The van der Waals surface area contributed by atoms with Crippen molar-refractivity contribution in [2.24, 2.45) is 0 Å². The van der Waals surface area contributed by atoms with Crippen LogP contribution in [-0.2, 0) is 29.1 Å². The number of hydrogen-bond donors (Lipinski definition) is 0. The molecule has 1 aliphatic rings. The van der Waals surface area contributed by atoms with Crippen LogP contribution in [-0.4, -0.2) is 36.1 Å². The fraction of sp³-hybridized carbons (Fsp3) is 0.375. The van der Waals surface area contributed by atoms with E-state index in [1.165, 1.54) is 7.11 Å². The van der Waals surface area contributed by atoms with Gasteiger partial charge in [0.25, 0.3) is 0 Å². The Kier molecular flexibility index (Phi) is 4.39. The van der Waals surface area contributed by atoms with Gasteiger partial charge in [0.15, 0.2) is 6.61 Å². The van der Waals surface area contributed by atoms with E-state index in [4.69, 9.17) is 13.9 Å². The first-order valence-corrected chi connectivity index (χ1v) is 7.18. The Morgan fingerprint density at radius 2 is 2.18 bits per heavy atom. The molecule has 6 nitrogen and oxygen atoms in total. The Morgan fingerprint density at radius 1 is 1.36 bits per heavy atom. The minimum Gasteiger partial charge on any atom is -0.484 e. The molecule has 2 heterocycles. The summed E-state index contributed by atoms with van der Waals surface area (Å²) in [6, 6.07) is 9.52. The highest BCUT2D eigenvalue weighted by Gasteiger charge is 2.25. The quantitative estimate of drug-likeness (QED) is 0.842. The molecule has 116 valence electrons. The molecule has 3 rings (SSSR count). The van der Waals surface area contributed by atoms with Gasteiger partial charge in [-0.15, -0.1) is 0 Å². The number of aromatic nitrogens is 1. The largest absolute Gasteiger partial charge is 0.484 e. The molecule has 2 aromatic rings. The Bertz CT molecular complexity index is 639. The molecule has 1 aromatic heterocycles. The van der Waals surface area contributed by atoms with E-state index in [0.717, 1.165) is 17.2 Å². The molecule has 0 atom stereocenters. The second kappa shape index (κ2) is 6.62. The zero-order valence-corrected chi connectivity index (χ0v) is 12.4. The zero-order chi connectivity index (χ0) is 15.4. The van der Waals surface area contributed by atoms with E-state index in [0.29, 0.717) is 25.4 Å². The molecule has 6 heteroatoms. The van der Waals surface area contributed by atoms with E-state index in [9.17, 15) is 4.79 Å². The van der Waals surface area contributed by atoms with E-state index < -0.39 is 0 Å². The summed E-state index contributed by atoms with van der Waals surface area (Å²) in [6.07, 6.45) is 0.694. The van der Waals surface area contributed by atoms with Crippen molar-refractivity contribution in [2.75, 3.05) is 20.3 Å². The van der Waals surface area contributed by atoms with Crippen molar-refractivity contribution in [1.29, 1.82) is 0 Å². The van der Waals surface area contributed by atoms with Crippen LogP contribution in [0.15, 0.2) is 34.7 Å². The lowest BCUT2D eigenvalue weighted by Gasteiger charge is -2.24. The number of rotatable bonds is 5. The minimum atomic E-state index is -0.0355. The first kappa shape index (κ1) is 14.6. The van der Waals surface area contributed by atoms with Gasteiger partial charge in [-0.3, -0.25) is 4.79 Å². The van der Waals surface area contributed by atoms with E-state index >= 15 is 0 Å². The van der Waals surface area contributed by atoms with Crippen LogP contribution >= 0.6 is 0 Å². The lowest BCUT2D eigenvalue weighted by atomic mass is 10.1. The molecular weight excluding hydrogens is 284 g/mol. The van der Waals surface area contributed by atoms with Gasteiger partial charge in [0.05, 0.1) is 12.2 Å². The lowest BCUT2D eigenvalue weighted by Crippen LogP contribution is -2.37. The predicted molar refractivity (Wildman–Crippen MR) is 78.3 cm³/mol. The van der Waals surface area contributed by atoms with Crippen LogP contribution in [0.4, 0.5) is 0 Å². The molecular formula is C16H18N2O4. The van der Waals surface area contributed by atoms with Crippen molar-refractivity contribution in [2.45, 2.75) is 19.6 Å². The van der Waals surface area contributed by atoms with E-state index in [-0.39, 0.29) is 19.1 Å². The Morgan fingerprint density at radius 3 is 2.95 bits per heavy atom. The number of carbonyl (C=O) groups is 1. The molecule has 0 saturated carbocycles. The second-order valence-electron chi connectivity index (χ2n) is 5.08. The maximum absolute atomic E-state index is 11.8. The first-order valence-electron chi connectivity index (χ1n) is 7.18. The monoisotopic (exact) mass is 302 g/mol. The molecule has 0 unspecified atom stereocenters. The lowest BCUT2D eigenvalue weighted by molar-refractivity contribution is -0.136. The number of nitrogens with zero attached hydrogens (tertiary/aromatic N) is 2. The van der Waals surface area contributed by atoms with Gasteiger partial charge in [0.2, 0.25) is 11.8 Å². The van der Waals surface area contributed by atoms with Gasteiger partial charge >= 0.3 is 0 Å². The third-order valence-corrected chi connectivity index (χ3v) is 3.50. The number of amides is 1. The highest BCUT2D eigenvalue weighted by Crippen LogP contribution is 2.21. The van der Waals surface area contributed by atoms with Gasteiger partial charge in [0, 0.05) is 20.1 Å². The standard InChI is InChI=1S/C16H18N2O4/c1-20-11-16(19)18-8-7-13-14(9-18)22-15(17-13)10-21-12-5-3-2-4-6-12/h2-6H,7-11H2,1H3. The maximum Gasteiger partial charge on any atom is 0.248 e. The van der Waals surface area contributed by atoms with Crippen molar-refractivity contribution >= 4 is 5.91 Å². The molecule has 1 aromatic carbocycles. The zero-order valence-electron chi connectivity index (χ0n) is 12.4. The van der Waals surface area contributed by atoms with Crippen LogP contribution in [0, 0.1) is 0 Å². The van der Waals surface area contributed by atoms with E-state index in [1.54, 1.807) is 4.90 Å². The summed E-state index contributed by atoms with van der Waals surface area (Å²) in [5.74, 6) is 2.01. The third-order valence-electron chi connectivity index (χ3n) is 3.50. The predicted octanol–water partition coefficient (Wildman–Crippen LogP) is 1.78. The van der Waals surface area contributed by atoms with E-state index in [2.05, 4.69) is 4.98 Å². The summed E-state index contributed by atoms with van der Waals surface area (Å²) in [4.78, 5) is 18.0. The Hall–Kier alpha value is -2.34. The third kappa shape index (κ3) is 3.28. The van der Waals surface area contributed by atoms with Crippen LogP contribution in [0.3, 0.4) is 0 Å². The normalized spacial score (nSPS) is 13.8. The summed E-state index contributed by atoms with van der Waals surface area (Å²) >= 11 is 0. The van der Waals surface area contributed by atoms with Crippen molar-refractivity contribution in [3.8, 4) is 5.75 Å². The number of hydrogen-bond acceptors (Lipinski definition) is 5. The average Bonchev–Trinajstić information content (AvgIpc) is 2.96. The molecule has 0 N–H and O–H groups in total. The van der Waals surface area contributed by atoms with Crippen LogP contribution < -0.4 is 4.74 Å². The first-order chi connectivity index (χ1) is 10.8. The number of benzene rings is 1. The van der Waals surface area contributed by atoms with E-state index in [1.807, 2.05) is 30.3 Å². The SMILES string of the molecule is COCC(=O)N1CCc2nc(COc3ccccc3)oc2C1. The molecule has 1 aliphatic heterocycles. The Labute approximate surface area is 128 Å². The molecule has 0 fully saturated rings. The number of methoxy groups -OCH3 is 1. The summed E-state index contributed by atoms with van der Waals surface area (Å²) in [6.45, 7) is 1.45. The van der Waals surface area contributed by atoms with Crippen molar-refractivity contribution in [3.63, 3.8) is 0 Å². The van der Waals surface area contributed by atoms with Crippen LogP contribution in [0.25, 0.3) is 0 Å². The maximum atomic E-state index is 11.8. The van der Waals surface area contributed by atoms with Gasteiger partial charge < -0.3 is 18.8 Å². The molecule has 0 aliphatic carbocycles. The number of ether oxygens (including phenoxy) is 2.